The number of fused-ring (bicyclic) bond motifs is 2. The van der Waals surface area contributed by atoms with Crippen LogP contribution in [0, 0.1) is 11.6 Å². The van der Waals surface area contributed by atoms with Crippen LogP contribution in [0.1, 0.15) is 43.2 Å². The van der Waals surface area contributed by atoms with E-state index in [2.05, 4.69) is 0 Å². The Morgan fingerprint density at radius 1 is 1.11 bits per heavy atom. The Hall–Kier alpha value is -2.47. The third-order valence-electron chi connectivity index (χ3n) is 5.85. The number of nitrogens with zero attached hydrogens (tertiary/aromatic N) is 1. The predicted octanol–water partition coefficient (Wildman–Crippen LogP) is 4.51. The van der Waals surface area contributed by atoms with Gasteiger partial charge in [0.15, 0.2) is 0 Å². The van der Waals surface area contributed by atoms with Gasteiger partial charge in [-0.05, 0) is 43.0 Å². The summed E-state index contributed by atoms with van der Waals surface area (Å²) in [6.07, 6.45) is 2.26. The number of aliphatic hydroxyl groups is 1. The van der Waals surface area contributed by atoms with E-state index in [0.29, 0.717) is 12.8 Å². The normalized spacial score (nSPS) is 26.8. The van der Waals surface area contributed by atoms with Crippen LogP contribution in [0.2, 0.25) is 0 Å². The molecular weight excluding hydrogens is 364 g/mol. The molecule has 2 aliphatic heterocycles. The summed E-state index contributed by atoms with van der Waals surface area (Å²) in [5, 5.41) is 11.2. The molecule has 1 N–H and O–H groups in total. The Labute approximate surface area is 162 Å². The first-order valence-corrected chi connectivity index (χ1v) is 9.63. The van der Waals surface area contributed by atoms with Crippen LogP contribution in [-0.2, 0) is 16.9 Å². The van der Waals surface area contributed by atoms with Gasteiger partial charge in [-0.3, -0.25) is 0 Å². The fraction of sp³-hybridized carbons (Fsp3) is 0.409. The summed E-state index contributed by atoms with van der Waals surface area (Å²) in [7, 11) is 0. The van der Waals surface area contributed by atoms with E-state index in [4.69, 9.17) is 4.74 Å². The molecule has 2 bridgehead atoms. The van der Waals surface area contributed by atoms with Gasteiger partial charge in [-0.2, -0.15) is 0 Å². The molecule has 2 fully saturated rings. The van der Waals surface area contributed by atoms with Crippen LogP contribution in [0.25, 0.3) is 0 Å². The van der Waals surface area contributed by atoms with Gasteiger partial charge in [0, 0.05) is 30.5 Å². The highest BCUT2D eigenvalue weighted by Gasteiger charge is 2.49. The lowest BCUT2D eigenvalue weighted by Gasteiger charge is -2.51. The molecule has 1 amide bonds. The highest BCUT2D eigenvalue weighted by Crippen LogP contribution is 2.45. The van der Waals surface area contributed by atoms with Crippen LogP contribution in [-0.4, -0.2) is 28.2 Å². The molecule has 0 radical (unpaired) electrons. The molecular formula is C22H23F2NO3. The van der Waals surface area contributed by atoms with Gasteiger partial charge in [0.2, 0.25) is 0 Å². The molecule has 2 atom stereocenters. The number of amides is 1. The summed E-state index contributed by atoms with van der Waals surface area (Å²) < 4.78 is 33.5. The number of benzene rings is 2. The van der Waals surface area contributed by atoms with Crippen molar-refractivity contribution in [3.8, 4) is 0 Å². The average Bonchev–Trinajstić information content (AvgIpc) is 2.68. The van der Waals surface area contributed by atoms with Gasteiger partial charge in [-0.1, -0.05) is 30.3 Å². The Kier molecular flexibility index (Phi) is 5.06. The van der Waals surface area contributed by atoms with Crippen molar-refractivity contribution in [1.29, 1.82) is 0 Å². The number of carbonyl (C=O) groups excluding carboxylic acids is 1. The summed E-state index contributed by atoms with van der Waals surface area (Å²) in [6, 6.07) is 12.1. The zero-order valence-electron chi connectivity index (χ0n) is 15.5. The Balaban J connectivity index is 1.52. The van der Waals surface area contributed by atoms with Crippen LogP contribution in [0.15, 0.2) is 48.5 Å². The number of rotatable bonds is 3. The van der Waals surface area contributed by atoms with E-state index >= 15 is 0 Å². The fourth-order valence-electron chi connectivity index (χ4n) is 4.60. The van der Waals surface area contributed by atoms with Crippen molar-refractivity contribution in [3.05, 3.63) is 71.3 Å². The van der Waals surface area contributed by atoms with Crippen molar-refractivity contribution in [2.45, 2.75) is 56.4 Å². The Morgan fingerprint density at radius 2 is 1.79 bits per heavy atom. The molecule has 2 heterocycles. The molecule has 2 aromatic carbocycles. The largest absolute Gasteiger partial charge is 0.445 e. The topological polar surface area (TPSA) is 49.8 Å². The van der Waals surface area contributed by atoms with Crippen molar-refractivity contribution >= 4 is 6.09 Å². The van der Waals surface area contributed by atoms with E-state index in [1.54, 1.807) is 4.90 Å². The summed E-state index contributed by atoms with van der Waals surface area (Å²) in [4.78, 5) is 14.4. The highest BCUT2D eigenvalue weighted by atomic mass is 19.1. The maximum atomic E-state index is 14.3. The van der Waals surface area contributed by atoms with Crippen LogP contribution < -0.4 is 0 Å². The van der Waals surface area contributed by atoms with Crippen molar-refractivity contribution in [3.63, 3.8) is 0 Å². The van der Waals surface area contributed by atoms with Gasteiger partial charge in [0.25, 0.3) is 0 Å². The van der Waals surface area contributed by atoms with E-state index in [9.17, 15) is 18.7 Å². The minimum atomic E-state index is -1.49. The lowest BCUT2D eigenvalue weighted by atomic mass is 9.72. The number of carbonyl (C=O) groups is 1. The zero-order valence-corrected chi connectivity index (χ0v) is 15.5. The molecule has 2 unspecified atom stereocenters. The van der Waals surface area contributed by atoms with Gasteiger partial charge in [-0.25, -0.2) is 13.6 Å². The smallest absolute Gasteiger partial charge is 0.410 e. The molecule has 148 valence electrons. The maximum Gasteiger partial charge on any atom is 0.410 e. The second-order valence-corrected chi connectivity index (χ2v) is 7.75. The van der Waals surface area contributed by atoms with Crippen molar-refractivity contribution in [1.82, 2.24) is 4.90 Å². The maximum absolute atomic E-state index is 14.3. The quantitative estimate of drug-likeness (QED) is 0.843. The molecule has 0 saturated carbocycles. The van der Waals surface area contributed by atoms with Crippen LogP contribution in [0.3, 0.4) is 0 Å². The lowest BCUT2D eigenvalue weighted by Crippen LogP contribution is -2.59. The molecule has 6 heteroatoms. The van der Waals surface area contributed by atoms with Crippen LogP contribution in [0.5, 0.6) is 0 Å². The minimum absolute atomic E-state index is 0.0262. The second-order valence-electron chi connectivity index (χ2n) is 7.75. The molecule has 2 aromatic rings. The second kappa shape index (κ2) is 7.51. The van der Waals surface area contributed by atoms with Crippen LogP contribution >= 0.6 is 0 Å². The molecule has 4 rings (SSSR count). The monoisotopic (exact) mass is 387 g/mol. The minimum Gasteiger partial charge on any atom is -0.445 e. The van der Waals surface area contributed by atoms with Gasteiger partial charge < -0.3 is 14.7 Å². The molecule has 2 aliphatic rings. The fourth-order valence-corrected chi connectivity index (χ4v) is 4.60. The molecule has 2 saturated heterocycles. The Bertz CT molecular complexity index is 844. The number of piperidine rings is 2. The third kappa shape index (κ3) is 3.61. The average molecular weight is 387 g/mol. The molecule has 0 aliphatic carbocycles. The van der Waals surface area contributed by atoms with Crippen LogP contribution in [0.4, 0.5) is 13.6 Å². The SMILES string of the molecule is O=C(OCc1ccccc1)N1C2CCCC1CC(O)(c1cc(F)ccc1F)C2. The van der Waals surface area contributed by atoms with E-state index in [1.807, 2.05) is 30.3 Å². The van der Waals surface area contributed by atoms with E-state index in [-0.39, 0.29) is 37.1 Å². The first-order chi connectivity index (χ1) is 13.5. The highest BCUT2D eigenvalue weighted by molar-refractivity contribution is 5.69. The van der Waals surface area contributed by atoms with Crippen molar-refractivity contribution < 1.29 is 23.4 Å². The molecule has 4 nitrogen and oxygen atoms in total. The first-order valence-electron chi connectivity index (χ1n) is 9.63. The number of hydrogen-bond acceptors (Lipinski definition) is 3. The molecule has 28 heavy (non-hydrogen) atoms. The number of ether oxygens (including phenoxy) is 1. The van der Waals surface area contributed by atoms with E-state index in [0.717, 1.165) is 30.2 Å². The summed E-state index contributed by atoms with van der Waals surface area (Å²) in [5.74, 6) is -1.21. The summed E-state index contributed by atoms with van der Waals surface area (Å²) >= 11 is 0. The predicted molar refractivity (Wildman–Crippen MR) is 99.4 cm³/mol. The molecule has 0 aromatic heterocycles. The number of hydrogen-bond donors (Lipinski definition) is 1. The molecule has 0 spiro atoms. The van der Waals surface area contributed by atoms with Crippen molar-refractivity contribution in [2.24, 2.45) is 0 Å². The van der Waals surface area contributed by atoms with Gasteiger partial charge in [0.05, 0.1) is 5.60 Å². The lowest BCUT2D eigenvalue weighted by molar-refractivity contribution is -0.0912. The summed E-state index contributed by atoms with van der Waals surface area (Å²) in [5.41, 5.74) is -0.615. The van der Waals surface area contributed by atoms with Gasteiger partial charge in [0.1, 0.15) is 18.2 Å². The Morgan fingerprint density at radius 3 is 2.46 bits per heavy atom. The van der Waals surface area contributed by atoms with Crippen molar-refractivity contribution in [2.75, 3.05) is 0 Å². The first kappa shape index (κ1) is 18.9. The van der Waals surface area contributed by atoms with Gasteiger partial charge >= 0.3 is 6.09 Å². The standard InChI is InChI=1S/C22H23F2NO3/c23-16-9-10-20(24)19(11-16)22(27)12-17-7-4-8-18(13-22)25(17)21(26)28-14-15-5-2-1-3-6-15/h1-3,5-6,9-11,17-18,27H,4,7-8,12-14H2. The van der Waals surface area contributed by atoms with E-state index < -0.39 is 23.3 Å². The zero-order chi connectivity index (χ0) is 19.7. The third-order valence-corrected chi connectivity index (χ3v) is 5.85. The van der Waals surface area contributed by atoms with E-state index in [1.165, 1.54) is 0 Å². The summed E-state index contributed by atoms with van der Waals surface area (Å²) in [6.45, 7) is 0.179. The van der Waals surface area contributed by atoms with Gasteiger partial charge in [-0.15, -0.1) is 0 Å². The number of halogens is 2.